The number of thiazole rings is 1. The molecule has 6 rings (SSSR count). The molecule has 3 aliphatic heterocycles. The van der Waals surface area contributed by atoms with Crippen molar-refractivity contribution >= 4 is 57.4 Å². The summed E-state index contributed by atoms with van der Waals surface area (Å²) in [5, 5.41) is 21.0. The van der Waals surface area contributed by atoms with Crippen LogP contribution >= 0.6 is 23.1 Å². The molecule has 0 spiro atoms. The number of ether oxygens (including phenoxy) is 1. The van der Waals surface area contributed by atoms with Crippen molar-refractivity contribution < 1.29 is 33.6 Å². The van der Waals surface area contributed by atoms with E-state index in [2.05, 4.69) is 20.8 Å². The lowest BCUT2D eigenvalue weighted by Crippen LogP contribution is -2.71. The molecule has 2 amide bonds. The number of carbonyl (C=O) groups excluding carboxylic acids is 2. The highest BCUT2D eigenvalue weighted by atomic mass is 32.2. The van der Waals surface area contributed by atoms with Gasteiger partial charge in [0.25, 0.3) is 11.8 Å². The van der Waals surface area contributed by atoms with Crippen LogP contribution in [0.5, 0.6) is 5.75 Å². The van der Waals surface area contributed by atoms with Crippen LogP contribution in [0, 0.1) is 0 Å². The number of hydrogen-bond donors (Lipinski definition) is 4. The fourth-order valence-corrected chi connectivity index (χ4v) is 6.71. The van der Waals surface area contributed by atoms with Crippen LogP contribution in [0.25, 0.3) is 0 Å². The summed E-state index contributed by atoms with van der Waals surface area (Å²) in [6.45, 7) is 0.241. The molecule has 210 valence electrons. The molecule has 3 atom stereocenters. The standard InChI is InChI=1S/C26H23N7O6S2/c1-38-31-18(16-12-41-26(27)29-16)21(34)30-19-23(35)33-20(25(36)37)14(11-40-24(19)33)9-32-8-7-15-17(10-32)39-22(28-15)13-5-3-2-4-6-13/h2-8,10,12,19,22,24H,9,11H2,1H3,(H4,27,29,30,34,36,37)/p+1/t19?,22?,24-/m1/s1. The molecule has 2 unspecified atom stereocenters. The molecule has 1 saturated heterocycles. The first-order chi connectivity index (χ1) is 19.8. The minimum absolute atomic E-state index is 0.0866. The Morgan fingerprint density at radius 3 is 2.85 bits per heavy atom. The van der Waals surface area contributed by atoms with Crippen molar-refractivity contribution in [1.82, 2.24) is 15.2 Å². The van der Waals surface area contributed by atoms with E-state index in [9.17, 15) is 19.5 Å². The predicted octanol–water partition coefficient (Wildman–Crippen LogP) is 1.31. The minimum atomic E-state index is -1.22. The number of thioether (sulfide) groups is 1. The van der Waals surface area contributed by atoms with E-state index in [1.807, 2.05) is 47.2 Å². The van der Waals surface area contributed by atoms with E-state index < -0.39 is 29.2 Å². The number of aliphatic carboxylic acids is 1. The third kappa shape index (κ3) is 4.93. The Kier molecular flexibility index (Phi) is 6.96. The number of pyridine rings is 1. The molecule has 5 N–H and O–H groups in total. The lowest BCUT2D eigenvalue weighted by atomic mass is 10.0. The molecule has 0 aliphatic carbocycles. The monoisotopic (exact) mass is 594 g/mol. The molecular weight excluding hydrogens is 570 g/mol. The van der Waals surface area contributed by atoms with Gasteiger partial charge in [-0.3, -0.25) is 14.5 Å². The van der Waals surface area contributed by atoms with Crippen molar-refractivity contribution in [2.45, 2.75) is 24.2 Å². The van der Waals surface area contributed by atoms with Gasteiger partial charge in [-0.15, -0.1) is 23.1 Å². The van der Waals surface area contributed by atoms with E-state index in [1.54, 1.807) is 11.6 Å². The highest BCUT2D eigenvalue weighted by Gasteiger charge is 2.55. The summed E-state index contributed by atoms with van der Waals surface area (Å²) in [7, 11) is 1.28. The zero-order valence-electron chi connectivity index (χ0n) is 21.5. The van der Waals surface area contributed by atoms with Gasteiger partial charge in [-0.05, 0) is 0 Å². The number of nitrogens with two attached hydrogens (primary N) is 1. The summed E-state index contributed by atoms with van der Waals surface area (Å²) in [5.74, 6) is -1.44. The van der Waals surface area contributed by atoms with Crippen molar-refractivity contribution in [3.8, 4) is 5.75 Å². The summed E-state index contributed by atoms with van der Waals surface area (Å²) in [5.41, 5.74) is 8.03. The highest BCUT2D eigenvalue weighted by Crippen LogP contribution is 2.41. The number of rotatable bonds is 8. The Bertz CT molecular complexity index is 1610. The number of carbonyl (C=O) groups is 3. The van der Waals surface area contributed by atoms with Gasteiger partial charge in [-0.1, -0.05) is 35.5 Å². The predicted molar refractivity (Wildman–Crippen MR) is 150 cm³/mol. The van der Waals surface area contributed by atoms with Gasteiger partial charge < -0.3 is 31.0 Å². The van der Waals surface area contributed by atoms with E-state index in [1.165, 1.54) is 23.8 Å². The number of hydrogen-bond acceptors (Lipinski definition) is 11. The van der Waals surface area contributed by atoms with E-state index in [0.29, 0.717) is 17.1 Å². The first kappa shape index (κ1) is 26.6. The van der Waals surface area contributed by atoms with Crippen LogP contribution < -0.4 is 25.7 Å². The lowest BCUT2D eigenvalue weighted by molar-refractivity contribution is -0.689. The second-order valence-corrected chi connectivity index (χ2v) is 11.3. The number of carboxylic acids is 1. The van der Waals surface area contributed by atoms with Crippen molar-refractivity contribution in [1.29, 1.82) is 0 Å². The number of anilines is 2. The van der Waals surface area contributed by atoms with Gasteiger partial charge in [0.1, 0.15) is 29.9 Å². The summed E-state index contributed by atoms with van der Waals surface area (Å²) in [6.07, 6.45) is 3.31. The van der Waals surface area contributed by atoms with Crippen LogP contribution in [-0.2, 0) is 25.8 Å². The van der Waals surface area contributed by atoms with Gasteiger partial charge in [0, 0.05) is 28.3 Å². The SMILES string of the molecule is CON=C(C(=O)NC1C(=O)N2C(C(=O)O)=C(C[n+]3ccc4c(c3)OC(c3ccccc3)N4)CS[C@H]12)c1csc(N)n1. The second-order valence-electron chi connectivity index (χ2n) is 9.26. The number of nitrogens with one attached hydrogen (secondary N) is 2. The van der Waals surface area contributed by atoms with Crippen molar-refractivity contribution in [3.05, 3.63) is 76.7 Å². The highest BCUT2D eigenvalue weighted by molar-refractivity contribution is 8.00. The molecular formula is C26H24N7O6S2+. The first-order valence-electron chi connectivity index (χ1n) is 12.4. The quantitative estimate of drug-likeness (QED) is 0.129. The number of aromatic nitrogens is 2. The fourth-order valence-electron chi connectivity index (χ4n) is 4.83. The maximum absolute atomic E-state index is 13.2. The molecule has 1 aromatic carbocycles. The average Bonchev–Trinajstić information content (AvgIpc) is 3.60. The number of amides is 2. The van der Waals surface area contributed by atoms with Crippen LogP contribution in [0.4, 0.5) is 10.8 Å². The third-order valence-electron chi connectivity index (χ3n) is 6.69. The Morgan fingerprint density at radius 2 is 2.15 bits per heavy atom. The van der Waals surface area contributed by atoms with Crippen LogP contribution in [0.1, 0.15) is 17.5 Å². The summed E-state index contributed by atoms with van der Waals surface area (Å²) < 4.78 is 7.90. The molecule has 0 radical (unpaired) electrons. The number of β-lactam (4-membered cyclic amide) rings is 1. The van der Waals surface area contributed by atoms with Crippen LogP contribution in [0.2, 0.25) is 0 Å². The van der Waals surface area contributed by atoms with Gasteiger partial charge >= 0.3 is 5.97 Å². The third-order valence-corrected chi connectivity index (χ3v) is 8.70. The molecule has 5 heterocycles. The van der Waals surface area contributed by atoms with Crippen LogP contribution in [0.15, 0.2) is 70.6 Å². The number of fused-ring (bicyclic) bond motifs is 2. The molecule has 15 heteroatoms. The Balaban J connectivity index is 1.18. The van der Waals surface area contributed by atoms with Crippen LogP contribution in [-0.4, -0.2) is 62.8 Å². The Labute approximate surface area is 241 Å². The van der Waals surface area contributed by atoms with Crippen molar-refractivity contribution in [2.24, 2.45) is 5.16 Å². The topological polar surface area (TPSA) is 172 Å². The van der Waals surface area contributed by atoms with E-state index in [0.717, 1.165) is 22.6 Å². The molecule has 0 bridgehead atoms. The minimum Gasteiger partial charge on any atom is -0.477 e. The van der Waals surface area contributed by atoms with Crippen molar-refractivity contribution in [2.75, 3.05) is 23.9 Å². The maximum atomic E-state index is 13.2. The van der Waals surface area contributed by atoms with Gasteiger partial charge in [-0.25, -0.2) is 9.78 Å². The molecule has 2 aromatic heterocycles. The number of nitrogens with zero attached hydrogens (tertiary/aromatic N) is 4. The van der Waals surface area contributed by atoms with Gasteiger partial charge in [0.15, 0.2) is 29.8 Å². The first-order valence-corrected chi connectivity index (χ1v) is 14.3. The Morgan fingerprint density at radius 1 is 1.34 bits per heavy atom. The van der Waals surface area contributed by atoms with E-state index >= 15 is 0 Å². The molecule has 41 heavy (non-hydrogen) atoms. The number of nitrogen functional groups attached to an aromatic ring is 1. The van der Waals surface area contributed by atoms with Crippen molar-refractivity contribution in [3.63, 3.8) is 0 Å². The average molecular weight is 595 g/mol. The van der Waals surface area contributed by atoms with E-state index in [4.69, 9.17) is 15.3 Å². The van der Waals surface area contributed by atoms with Crippen LogP contribution in [0.3, 0.4) is 0 Å². The second kappa shape index (κ2) is 10.7. The number of benzene rings is 1. The Hall–Kier alpha value is -4.63. The zero-order valence-corrected chi connectivity index (χ0v) is 23.1. The largest absolute Gasteiger partial charge is 0.477 e. The molecule has 3 aromatic rings. The molecule has 1 fully saturated rings. The normalized spacial score (nSPS) is 21.3. The van der Waals surface area contributed by atoms with Gasteiger partial charge in [0.05, 0.1) is 5.69 Å². The zero-order chi connectivity index (χ0) is 28.7. The smallest absolute Gasteiger partial charge is 0.352 e. The maximum Gasteiger partial charge on any atom is 0.352 e. The summed E-state index contributed by atoms with van der Waals surface area (Å²) >= 11 is 2.50. The van der Waals surface area contributed by atoms with Gasteiger partial charge in [-0.2, -0.15) is 4.57 Å². The fraction of sp³-hybridized carbons (Fsp3) is 0.231. The molecule has 3 aliphatic rings. The molecule has 0 saturated carbocycles. The number of carboxylic acid groups (broad SMARTS) is 1. The summed E-state index contributed by atoms with van der Waals surface area (Å²) in [4.78, 5) is 48.5. The van der Waals surface area contributed by atoms with E-state index in [-0.39, 0.29) is 35.0 Å². The molecule has 13 nitrogen and oxygen atoms in total. The summed E-state index contributed by atoms with van der Waals surface area (Å²) in [6, 6.07) is 10.7. The number of oxime groups is 1. The lowest BCUT2D eigenvalue weighted by Gasteiger charge is -2.49. The van der Waals surface area contributed by atoms with Gasteiger partial charge in [0.2, 0.25) is 11.9 Å².